The molecule has 1 saturated heterocycles. The van der Waals surface area contributed by atoms with Crippen LogP contribution in [0.5, 0.6) is 0 Å². The highest BCUT2D eigenvalue weighted by molar-refractivity contribution is 7.89. The van der Waals surface area contributed by atoms with Crippen molar-refractivity contribution in [1.82, 2.24) is 14.2 Å². The third-order valence-corrected chi connectivity index (χ3v) is 7.33. The molecule has 2 aromatic carbocycles. The lowest BCUT2D eigenvalue weighted by atomic mass is 10.1. The zero-order valence-corrected chi connectivity index (χ0v) is 17.7. The molecule has 30 heavy (non-hydrogen) atoms. The molecule has 3 aromatic rings. The zero-order chi connectivity index (χ0) is 21.1. The van der Waals surface area contributed by atoms with Crippen LogP contribution in [0, 0.1) is 5.82 Å². The van der Waals surface area contributed by atoms with Gasteiger partial charge in [-0.25, -0.2) is 12.8 Å². The number of nitrogens with zero attached hydrogens (tertiary/aromatic N) is 3. The molecule has 0 spiro atoms. The van der Waals surface area contributed by atoms with Gasteiger partial charge in [0, 0.05) is 43.4 Å². The van der Waals surface area contributed by atoms with Crippen LogP contribution < -0.4 is 5.32 Å². The highest BCUT2D eigenvalue weighted by Crippen LogP contribution is 2.23. The van der Waals surface area contributed by atoms with Gasteiger partial charge in [-0.2, -0.15) is 4.31 Å². The number of hydrogen-bond acceptors (Lipinski definition) is 5. The van der Waals surface area contributed by atoms with Crippen molar-refractivity contribution in [1.29, 1.82) is 0 Å². The molecule has 0 radical (unpaired) electrons. The fourth-order valence-electron chi connectivity index (χ4n) is 3.72. The molecule has 1 aliphatic heterocycles. The quantitative estimate of drug-likeness (QED) is 0.675. The molecule has 8 heteroatoms. The van der Waals surface area contributed by atoms with Gasteiger partial charge < -0.3 is 10.2 Å². The molecule has 0 aliphatic carbocycles. The van der Waals surface area contributed by atoms with Gasteiger partial charge in [-0.05, 0) is 62.0 Å². The zero-order valence-electron chi connectivity index (χ0n) is 16.9. The van der Waals surface area contributed by atoms with Crippen LogP contribution >= 0.6 is 0 Å². The summed E-state index contributed by atoms with van der Waals surface area (Å²) in [6.45, 7) is 3.04. The first-order valence-electron chi connectivity index (χ1n) is 10.00. The maximum atomic E-state index is 14.0. The second kappa shape index (κ2) is 8.67. The summed E-state index contributed by atoms with van der Waals surface area (Å²) in [6, 6.07) is 13.4. The van der Waals surface area contributed by atoms with Crippen molar-refractivity contribution in [2.75, 3.05) is 38.5 Å². The van der Waals surface area contributed by atoms with Gasteiger partial charge in [0.2, 0.25) is 10.0 Å². The van der Waals surface area contributed by atoms with Gasteiger partial charge in [-0.1, -0.05) is 12.1 Å². The second-order valence-corrected chi connectivity index (χ2v) is 9.49. The minimum absolute atomic E-state index is 0.277. The summed E-state index contributed by atoms with van der Waals surface area (Å²) in [6.07, 6.45) is 2.45. The van der Waals surface area contributed by atoms with E-state index in [4.69, 9.17) is 0 Å². The summed E-state index contributed by atoms with van der Waals surface area (Å²) in [5.74, 6) is -0.307. The van der Waals surface area contributed by atoms with Gasteiger partial charge in [0.05, 0.1) is 10.4 Å². The van der Waals surface area contributed by atoms with Crippen LogP contribution in [0.2, 0.25) is 0 Å². The van der Waals surface area contributed by atoms with E-state index in [0.717, 1.165) is 25.1 Å². The predicted octanol–water partition coefficient (Wildman–Crippen LogP) is 3.31. The van der Waals surface area contributed by atoms with Crippen LogP contribution in [0.3, 0.4) is 0 Å². The third kappa shape index (κ3) is 4.30. The van der Waals surface area contributed by atoms with Crippen molar-refractivity contribution in [3.63, 3.8) is 0 Å². The van der Waals surface area contributed by atoms with E-state index < -0.39 is 10.0 Å². The molecular weight excluding hydrogens is 403 g/mol. The first-order valence-corrected chi connectivity index (χ1v) is 11.4. The maximum absolute atomic E-state index is 14.0. The van der Waals surface area contributed by atoms with Crippen LogP contribution in [0.1, 0.15) is 12.0 Å². The lowest BCUT2D eigenvalue weighted by molar-refractivity contribution is 0.347. The number of sulfonamides is 1. The van der Waals surface area contributed by atoms with Gasteiger partial charge in [-0.15, -0.1) is 0 Å². The first kappa shape index (κ1) is 20.7. The van der Waals surface area contributed by atoms with Crippen LogP contribution in [-0.2, 0) is 16.6 Å². The topological polar surface area (TPSA) is 65.5 Å². The molecule has 1 aliphatic rings. The Morgan fingerprint density at radius 3 is 2.80 bits per heavy atom. The molecule has 1 aromatic heterocycles. The highest BCUT2D eigenvalue weighted by Gasteiger charge is 2.26. The van der Waals surface area contributed by atoms with Crippen molar-refractivity contribution >= 4 is 26.6 Å². The SMILES string of the molecule is CN1CCCN(S(=O)(=O)c2cccc(NCc3ccc(F)c4cccnc34)c2)CC1. The number of fused-ring (bicyclic) bond motifs is 1. The normalized spacial score (nSPS) is 16.5. The van der Waals surface area contributed by atoms with E-state index in [1.165, 1.54) is 6.07 Å². The summed E-state index contributed by atoms with van der Waals surface area (Å²) in [7, 11) is -1.54. The largest absolute Gasteiger partial charge is 0.381 e. The average molecular weight is 429 g/mol. The molecule has 0 bridgehead atoms. The fourth-order valence-corrected chi connectivity index (χ4v) is 5.23. The summed E-state index contributed by atoms with van der Waals surface area (Å²) in [5.41, 5.74) is 2.13. The number of nitrogens with one attached hydrogen (secondary N) is 1. The van der Waals surface area contributed by atoms with Crippen molar-refractivity contribution in [3.05, 3.63) is 66.1 Å². The Morgan fingerprint density at radius 1 is 1.07 bits per heavy atom. The van der Waals surface area contributed by atoms with E-state index in [0.29, 0.717) is 36.2 Å². The van der Waals surface area contributed by atoms with E-state index in [9.17, 15) is 12.8 Å². The lowest BCUT2D eigenvalue weighted by Gasteiger charge is -2.20. The molecule has 1 fully saturated rings. The number of likely N-dealkylation sites (N-methyl/N-ethyl adjacent to an activating group) is 1. The minimum atomic E-state index is -3.55. The Hall–Kier alpha value is -2.55. The van der Waals surface area contributed by atoms with Gasteiger partial charge in [0.25, 0.3) is 0 Å². The molecule has 2 heterocycles. The van der Waals surface area contributed by atoms with E-state index in [-0.39, 0.29) is 10.7 Å². The van der Waals surface area contributed by atoms with Crippen LogP contribution in [0.25, 0.3) is 10.9 Å². The van der Waals surface area contributed by atoms with E-state index >= 15 is 0 Å². The van der Waals surface area contributed by atoms with Gasteiger partial charge in [0.15, 0.2) is 0 Å². The molecule has 0 unspecified atom stereocenters. The standard InChI is InChI=1S/C22H25FN4O2S/c1-26-11-4-12-27(14-13-26)30(28,29)19-6-2-5-18(15-19)25-16-17-8-9-21(23)20-7-3-10-24-22(17)20/h2-3,5-10,15,25H,4,11-14,16H2,1H3. The van der Waals surface area contributed by atoms with E-state index in [1.807, 2.05) is 13.1 Å². The number of pyridine rings is 1. The fraction of sp³-hybridized carbons (Fsp3) is 0.318. The van der Waals surface area contributed by atoms with Gasteiger partial charge in [0.1, 0.15) is 5.82 Å². The number of anilines is 1. The Balaban J connectivity index is 1.54. The number of benzene rings is 2. The third-order valence-electron chi connectivity index (χ3n) is 5.43. The van der Waals surface area contributed by atoms with Crippen LogP contribution in [-0.4, -0.2) is 55.8 Å². The maximum Gasteiger partial charge on any atom is 0.243 e. The number of rotatable bonds is 5. The predicted molar refractivity (Wildman–Crippen MR) is 116 cm³/mol. The average Bonchev–Trinajstić information content (AvgIpc) is 2.99. The van der Waals surface area contributed by atoms with Crippen molar-refractivity contribution < 1.29 is 12.8 Å². The molecule has 4 rings (SSSR count). The minimum Gasteiger partial charge on any atom is -0.381 e. The van der Waals surface area contributed by atoms with Gasteiger partial charge in [-0.3, -0.25) is 4.98 Å². The Labute approximate surface area is 176 Å². The molecule has 1 N–H and O–H groups in total. The monoisotopic (exact) mass is 428 g/mol. The second-order valence-electron chi connectivity index (χ2n) is 7.55. The number of halogens is 1. The summed E-state index contributed by atoms with van der Waals surface area (Å²) in [4.78, 5) is 6.73. The van der Waals surface area contributed by atoms with Gasteiger partial charge >= 0.3 is 0 Å². The van der Waals surface area contributed by atoms with Crippen LogP contribution in [0.15, 0.2) is 59.6 Å². The Kier molecular flexibility index (Phi) is 5.99. The molecular formula is C22H25FN4O2S. The number of aromatic nitrogens is 1. The summed E-state index contributed by atoms with van der Waals surface area (Å²) in [5, 5.41) is 3.73. The first-order chi connectivity index (χ1) is 14.4. The Morgan fingerprint density at radius 2 is 1.93 bits per heavy atom. The molecule has 0 atom stereocenters. The van der Waals surface area contributed by atoms with Crippen molar-refractivity contribution in [3.8, 4) is 0 Å². The van der Waals surface area contributed by atoms with E-state index in [1.54, 1.807) is 46.9 Å². The number of hydrogen-bond donors (Lipinski definition) is 1. The summed E-state index contributed by atoms with van der Waals surface area (Å²) >= 11 is 0. The molecule has 158 valence electrons. The van der Waals surface area contributed by atoms with Crippen molar-refractivity contribution in [2.45, 2.75) is 17.9 Å². The molecule has 0 amide bonds. The van der Waals surface area contributed by atoms with Crippen molar-refractivity contribution in [2.24, 2.45) is 0 Å². The molecule has 0 saturated carbocycles. The van der Waals surface area contributed by atoms with Crippen LogP contribution in [0.4, 0.5) is 10.1 Å². The Bertz CT molecular complexity index is 1150. The summed E-state index contributed by atoms with van der Waals surface area (Å²) < 4.78 is 41.8. The highest BCUT2D eigenvalue weighted by atomic mass is 32.2. The lowest BCUT2D eigenvalue weighted by Crippen LogP contribution is -2.34. The van der Waals surface area contributed by atoms with E-state index in [2.05, 4.69) is 15.2 Å². The smallest absolute Gasteiger partial charge is 0.243 e. The molecule has 6 nitrogen and oxygen atoms in total.